The number of nitro groups is 1. The number of carbonyl (C=O) groups excluding carboxylic acids is 3. The second kappa shape index (κ2) is 11.3. The molecule has 3 aromatic rings. The van der Waals surface area contributed by atoms with Crippen molar-refractivity contribution < 1.29 is 28.8 Å². The fraction of sp³-hybridized carbons (Fsp3) is 0.419. The minimum absolute atomic E-state index is 0.0376. The number of morpholine rings is 1. The third-order valence-electron chi connectivity index (χ3n) is 10.1. The number of nitro benzene ring substituents is 1. The number of thiazole rings is 1. The van der Waals surface area contributed by atoms with E-state index in [9.17, 15) is 29.3 Å². The molecule has 46 heavy (non-hydrogen) atoms. The quantitative estimate of drug-likeness (QED) is 0.226. The molecule has 0 spiro atoms. The number of aromatic nitrogens is 1. The molecule has 7 atom stereocenters. The van der Waals surface area contributed by atoms with Gasteiger partial charge in [0, 0.05) is 51.3 Å². The molecule has 4 fully saturated rings. The van der Waals surface area contributed by atoms with Crippen LogP contribution >= 0.6 is 39.0 Å². The summed E-state index contributed by atoms with van der Waals surface area (Å²) in [6, 6.07) is 11.2. The number of H-pyrrole nitrogens is 1. The monoisotopic (exact) mass is 726 g/mol. The lowest BCUT2D eigenvalue weighted by Crippen LogP contribution is -2.43. The third kappa shape index (κ3) is 4.65. The lowest BCUT2D eigenvalue weighted by atomic mass is 9.68. The summed E-state index contributed by atoms with van der Waals surface area (Å²) in [7, 11) is 0. The summed E-state index contributed by atoms with van der Waals surface area (Å²) in [5, 5.41) is 11.9. The number of anilines is 1. The predicted molar refractivity (Wildman–Crippen MR) is 171 cm³/mol. The Morgan fingerprint density at radius 1 is 1.07 bits per heavy atom. The lowest BCUT2D eigenvalue weighted by Gasteiger charge is -2.43. The van der Waals surface area contributed by atoms with E-state index in [0.717, 1.165) is 31.3 Å². The van der Waals surface area contributed by atoms with Gasteiger partial charge in [-0.1, -0.05) is 27.3 Å². The normalized spacial score (nSPS) is 29.5. The van der Waals surface area contributed by atoms with Crippen LogP contribution in [0.4, 0.5) is 11.4 Å². The highest BCUT2D eigenvalue weighted by molar-refractivity contribution is 9.10. The van der Waals surface area contributed by atoms with E-state index in [1.807, 2.05) is 18.2 Å². The number of nitrogens with zero attached hydrogens (tertiary/aromatic N) is 3. The van der Waals surface area contributed by atoms with E-state index < -0.39 is 16.8 Å². The Labute approximate surface area is 278 Å². The maximum Gasteiger partial charge on any atom is 0.305 e. The first-order valence-electron chi connectivity index (χ1n) is 15.0. The van der Waals surface area contributed by atoms with Crippen molar-refractivity contribution in [1.82, 2.24) is 9.88 Å². The fourth-order valence-electron chi connectivity index (χ4n) is 8.28. The zero-order valence-corrected chi connectivity index (χ0v) is 27.3. The van der Waals surface area contributed by atoms with Crippen LogP contribution in [0.25, 0.3) is 0 Å². The molecule has 3 amide bonds. The third-order valence-corrected chi connectivity index (χ3v) is 13.1. The summed E-state index contributed by atoms with van der Waals surface area (Å²) in [6.45, 7) is 1.85. The van der Waals surface area contributed by atoms with Gasteiger partial charge in [-0.2, -0.15) is 0 Å². The standard InChI is InChI=1S/C31H27BrN4O8S2/c32-14-1-6-20(44-13-21(37)34-7-9-43-10-8-34)17(11-14)22-23-18-12-19(26(23)45-28-27(22)46-31(40)33-28)25-24(18)29(38)35(30(25)39)15-2-4-16(5-3-15)36(41)42/h1-6,11,18-19,22-26H,7-10,12-13H2,(H,33,40)/t18-,19-,22-,23?,24?,25?,26?/m1/s1. The van der Waals surface area contributed by atoms with Crippen molar-refractivity contribution in [1.29, 1.82) is 0 Å². The largest absolute Gasteiger partial charge is 0.483 e. The molecule has 4 heterocycles. The summed E-state index contributed by atoms with van der Waals surface area (Å²) < 4.78 is 12.4. The van der Waals surface area contributed by atoms with E-state index in [-0.39, 0.29) is 63.8 Å². The minimum atomic E-state index is -0.534. The van der Waals surface area contributed by atoms with Gasteiger partial charge in [0.05, 0.1) is 40.7 Å². The van der Waals surface area contributed by atoms with Gasteiger partial charge in [0.2, 0.25) is 11.8 Å². The van der Waals surface area contributed by atoms with Gasteiger partial charge < -0.3 is 19.4 Å². The number of fused-ring (bicyclic) bond motifs is 9. The van der Waals surface area contributed by atoms with Gasteiger partial charge in [-0.3, -0.25) is 34.2 Å². The number of carbonyl (C=O) groups is 3. The number of benzene rings is 2. The zero-order chi connectivity index (χ0) is 31.9. The number of nitrogens with one attached hydrogen (secondary N) is 1. The maximum atomic E-state index is 14.1. The second-order valence-electron chi connectivity index (χ2n) is 12.2. The maximum absolute atomic E-state index is 14.1. The molecule has 3 aliphatic heterocycles. The van der Waals surface area contributed by atoms with Crippen molar-refractivity contribution in [3.05, 3.63) is 77.2 Å². The van der Waals surface area contributed by atoms with Crippen LogP contribution in [0.1, 0.15) is 22.8 Å². The summed E-state index contributed by atoms with van der Waals surface area (Å²) in [5.41, 5.74) is 1.04. The van der Waals surface area contributed by atoms with Crippen LogP contribution in [0.2, 0.25) is 0 Å². The van der Waals surface area contributed by atoms with Gasteiger partial charge in [-0.15, -0.1) is 11.8 Å². The Bertz CT molecular complexity index is 1840. The first-order valence-corrected chi connectivity index (χ1v) is 17.5. The molecule has 5 aliphatic rings. The van der Waals surface area contributed by atoms with Crippen molar-refractivity contribution >= 4 is 68.1 Å². The summed E-state index contributed by atoms with van der Waals surface area (Å²) in [6.07, 6.45) is 0.707. The number of aromatic amines is 1. The van der Waals surface area contributed by atoms with Crippen molar-refractivity contribution in [3.63, 3.8) is 0 Å². The number of halogens is 1. The molecular weight excluding hydrogens is 700 g/mol. The van der Waals surface area contributed by atoms with Gasteiger partial charge >= 0.3 is 4.87 Å². The lowest BCUT2D eigenvalue weighted by molar-refractivity contribution is -0.384. The molecule has 1 aromatic heterocycles. The number of hydrogen-bond acceptors (Lipinski definition) is 10. The highest BCUT2D eigenvalue weighted by atomic mass is 79.9. The molecule has 2 bridgehead atoms. The summed E-state index contributed by atoms with van der Waals surface area (Å²) in [4.78, 5) is 71.0. The number of thioether (sulfide) groups is 1. The Morgan fingerprint density at radius 2 is 1.78 bits per heavy atom. The van der Waals surface area contributed by atoms with Crippen molar-refractivity contribution in [3.8, 4) is 5.75 Å². The summed E-state index contributed by atoms with van der Waals surface area (Å²) >= 11 is 6.34. The average Bonchev–Trinajstić information content (AvgIpc) is 3.79. The van der Waals surface area contributed by atoms with Crippen LogP contribution in [0.15, 0.2) is 56.8 Å². The highest BCUT2D eigenvalue weighted by Crippen LogP contribution is 2.69. The Hall–Kier alpha value is -3.53. The van der Waals surface area contributed by atoms with Crippen LogP contribution in [0, 0.1) is 39.7 Å². The van der Waals surface area contributed by atoms with E-state index in [1.165, 1.54) is 29.2 Å². The molecule has 4 unspecified atom stereocenters. The average molecular weight is 728 g/mol. The molecule has 0 radical (unpaired) electrons. The van der Waals surface area contributed by atoms with Crippen molar-refractivity contribution in [2.75, 3.05) is 37.8 Å². The molecule has 12 nitrogen and oxygen atoms in total. The van der Waals surface area contributed by atoms with Gasteiger partial charge in [0.1, 0.15) is 5.75 Å². The van der Waals surface area contributed by atoms with E-state index in [0.29, 0.717) is 44.2 Å². The van der Waals surface area contributed by atoms with Crippen molar-refractivity contribution in [2.24, 2.45) is 29.6 Å². The molecule has 2 aromatic carbocycles. The van der Waals surface area contributed by atoms with E-state index in [4.69, 9.17) is 9.47 Å². The molecule has 1 N–H and O–H groups in total. The Kier molecular flexibility index (Phi) is 7.34. The molecule has 8 rings (SSSR count). The molecule has 2 aliphatic carbocycles. The highest BCUT2D eigenvalue weighted by Gasteiger charge is 2.70. The van der Waals surface area contributed by atoms with Gasteiger partial charge in [-0.25, -0.2) is 0 Å². The molecule has 238 valence electrons. The molecule has 15 heteroatoms. The smallest absolute Gasteiger partial charge is 0.305 e. The molecule has 2 saturated carbocycles. The van der Waals surface area contributed by atoms with Crippen LogP contribution in [0.5, 0.6) is 5.75 Å². The topological polar surface area (TPSA) is 152 Å². The minimum Gasteiger partial charge on any atom is -0.483 e. The molecular formula is C31H27BrN4O8S2. The predicted octanol–water partition coefficient (Wildman–Crippen LogP) is 4.02. The number of amides is 3. The Morgan fingerprint density at radius 3 is 2.50 bits per heavy atom. The number of imide groups is 1. The van der Waals surface area contributed by atoms with E-state index in [2.05, 4.69) is 20.9 Å². The van der Waals surface area contributed by atoms with Crippen LogP contribution in [0.3, 0.4) is 0 Å². The van der Waals surface area contributed by atoms with Crippen LogP contribution in [-0.4, -0.2) is 70.7 Å². The van der Waals surface area contributed by atoms with E-state index >= 15 is 0 Å². The second-order valence-corrected chi connectivity index (χ2v) is 15.3. The number of non-ortho nitro benzene ring substituents is 1. The fourth-order valence-corrected chi connectivity index (χ4v) is 11.5. The summed E-state index contributed by atoms with van der Waals surface area (Å²) in [5.74, 6) is -1.80. The van der Waals surface area contributed by atoms with E-state index in [1.54, 1.807) is 16.7 Å². The van der Waals surface area contributed by atoms with Crippen molar-refractivity contribution in [2.45, 2.75) is 22.6 Å². The first-order chi connectivity index (χ1) is 22.2. The van der Waals surface area contributed by atoms with Crippen LogP contribution in [-0.2, 0) is 19.1 Å². The van der Waals surface area contributed by atoms with Crippen LogP contribution < -0.4 is 14.5 Å². The first kappa shape index (κ1) is 29.8. The zero-order valence-electron chi connectivity index (χ0n) is 24.1. The molecule has 2 saturated heterocycles. The number of ether oxygens (including phenoxy) is 2. The number of hydrogen-bond donors (Lipinski definition) is 1. The number of rotatable bonds is 6. The van der Waals surface area contributed by atoms with Gasteiger partial charge in [-0.05, 0) is 54.5 Å². The van der Waals surface area contributed by atoms with Gasteiger partial charge in [0.15, 0.2) is 6.61 Å². The Balaban J connectivity index is 1.15. The van der Waals surface area contributed by atoms with Gasteiger partial charge in [0.25, 0.3) is 11.6 Å². The SMILES string of the molecule is O=C(COc1ccc(Br)cc1[C@H]1c2sc(=O)[nH]c2SC2C1[C@H]1C[C@@H]2C2C(=O)N(c3ccc([N+](=O)[O-])cc3)C(=O)C21)N1CCOCC1.